The average molecular weight is 490 g/mol. The van der Waals surface area contributed by atoms with Gasteiger partial charge in [-0.3, -0.25) is 19.6 Å². The van der Waals surface area contributed by atoms with Crippen molar-refractivity contribution in [3.05, 3.63) is 71.9 Å². The summed E-state index contributed by atoms with van der Waals surface area (Å²) in [7, 11) is 1.66. The maximum atomic E-state index is 12.9. The lowest BCUT2D eigenvalue weighted by Gasteiger charge is -2.23. The van der Waals surface area contributed by atoms with Gasteiger partial charge in [0.15, 0.2) is 0 Å². The van der Waals surface area contributed by atoms with E-state index in [0.29, 0.717) is 39.0 Å². The van der Waals surface area contributed by atoms with Crippen molar-refractivity contribution in [2.45, 2.75) is 38.8 Å². The van der Waals surface area contributed by atoms with E-state index < -0.39 is 0 Å². The fraction of sp³-hybridized carbons (Fsp3) is 0.393. The molecule has 3 N–H and O–H groups in total. The molecular formula is C28H35N5O3. The van der Waals surface area contributed by atoms with Crippen LogP contribution in [0.15, 0.2) is 60.8 Å². The largest absolute Gasteiger partial charge is 0.496 e. The van der Waals surface area contributed by atoms with Gasteiger partial charge in [0.1, 0.15) is 5.75 Å². The van der Waals surface area contributed by atoms with E-state index in [1.807, 2.05) is 60.8 Å². The second-order valence-electron chi connectivity index (χ2n) is 9.18. The molecule has 3 aromatic rings. The number of ether oxygens (including phenoxy) is 1. The number of para-hydroxylation sites is 1. The van der Waals surface area contributed by atoms with Crippen molar-refractivity contribution in [3.8, 4) is 17.0 Å². The maximum absolute atomic E-state index is 12.9. The molecule has 1 aliphatic rings. The van der Waals surface area contributed by atoms with Crippen molar-refractivity contribution >= 4 is 11.8 Å². The number of methoxy groups -OCH3 is 1. The van der Waals surface area contributed by atoms with Crippen molar-refractivity contribution in [3.63, 3.8) is 0 Å². The predicted octanol–water partition coefficient (Wildman–Crippen LogP) is 3.51. The van der Waals surface area contributed by atoms with Crippen molar-refractivity contribution in [2.24, 2.45) is 5.92 Å². The van der Waals surface area contributed by atoms with E-state index in [2.05, 4.69) is 25.7 Å². The Morgan fingerprint density at radius 3 is 2.75 bits per heavy atom. The van der Waals surface area contributed by atoms with Crippen LogP contribution in [0.3, 0.4) is 0 Å². The first-order valence-corrected chi connectivity index (χ1v) is 12.6. The zero-order valence-corrected chi connectivity index (χ0v) is 20.8. The van der Waals surface area contributed by atoms with Gasteiger partial charge in [0.25, 0.3) is 0 Å². The summed E-state index contributed by atoms with van der Waals surface area (Å²) in [5.74, 6) is 0.714. The second kappa shape index (κ2) is 12.9. The SMILES string of the molecule is COc1ccccc1-c1[nH]ncc1CN1CCCC(C(=O)NCc2ccccc2)CCNC(=O)CC1. The zero-order valence-electron chi connectivity index (χ0n) is 20.8. The summed E-state index contributed by atoms with van der Waals surface area (Å²) < 4.78 is 5.54. The summed E-state index contributed by atoms with van der Waals surface area (Å²) in [4.78, 5) is 27.7. The number of rotatable bonds is 7. The Kier molecular flexibility index (Phi) is 9.10. The molecule has 0 bridgehead atoms. The van der Waals surface area contributed by atoms with E-state index >= 15 is 0 Å². The Bertz CT molecular complexity index is 1130. The molecule has 2 aromatic carbocycles. The molecule has 8 heteroatoms. The highest BCUT2D eigenvalue weighted by atomic mass is 16.5. The molecule has 2 heterocycles. The molecule has 1 saturated heterocycles. The summed E-state index contributed by atoms with van der Waals surface area (Å²) in [6.45, 7) is 3.13. The van der Waals surface area contributed by atoms with Crippen LogP contribution in [-0.4, -0.2) is 53.7 Å². The molecule has 0 radical (unpaired) electrons. The van der Waals surface area contributed by atoms with Crippen LogP contribution in [0, 0.1) is 5.92 Å². The molecule has 36 heavy (non-hydrogen) atoms. The smallest absolute Gasteiger partial charge is 0.223 e. The molecule has 0 aliphatic carbocycles. The molecule has 1 aliphatic heterocycles. The standard InChI is InChI=1S/C28H35N5O3/c1-36-25-12-6-5-11-24(25)27-23(19-31-32-27)20-33-16-7-10-22(13-15-29-26(34)14-17-33)28(35)30-18-21-8-3-2-4-9-21/h2-6,8-9,11-12,19,22H,7,10,13-18,20H2,1H3,(H,29,34)(H,30,35)(H,31,32). The number of nitrogens with one attached hydrogen (secondary N) is 3. The second-order valence-corrected chi connectivity index (χ2v) is 9.18. The van der Waals surface area contributed by atoms with Gasteiger partial charge in [0.2, 0.25) is 11.8 Å². The number of carbonyl (C=O) groups is 2. The molecule has 8 nitrogen and oxygen atoms in total. The number of aromatic nitrogens is 2. The van der Waals surface area contributed by atoms with Crippen molar-refractivity contribution < 1.29 is 14.3 Å². The highest BCUT2D eigenvalue weighted by molar-refractivity contribution is 5.79. The quantitative estimate of drug-likeness (QED) is 0.472. The Morgan fingerprint density at radius 2 is 1.92 bits per heavy atom. The van der Waals surface area contributed by atoms with Crippen LogP contribution in [0.2, 0.25) is 0 Å². The lowest BCUT2D eigenvalue weighted by Crippen LogP contribution is -2.33. The number of benzene rings is 2. The average Bonchev–Trinajstić information content (AvgIpc) is 3.36. The topological polar surface area (TPSA) is 99.3 Å². The summed E-state index contributed by atoms with van der Waals surface area (Å²) >= 11 is 0. The Balaban J connectivity index is 1.40. The van der Waals surface area contributed by atoms with Gasteiger partial charge in [-0.1, -0.05) is 42.5 Å². The summed E-state index contributed by atoms with van der Waals surface area (Å²) in [6, 6.07) is 17.8. The molecule has 0 saturated carbocycles. The van der Waals surface area contributed by atoms with Crippen LogP contribution in [0.4, 0.5) is 0 Å². The fourth-order valence-electron chi connectivity index (χ4n) is 4.66. The van der Waals surface area contributed by atoms with E-state index in [0.717, 1.165) is 47.5 Å². The number of hydrogen-bond donors (Lipinski definition) is 3. The summed E-state index contributed by atoms with van der Waals surface area (Å²) in [6.07, 6.45) is 4.56. The number of amides is 2. The molecule has 1 unspecified atom stereocenters. The van der Waals surface area contributed by atoms with Crippen molar-refractivity contribution in [2.75, 3.05) is 26.7 Å². The van der Waals surface area contributed by atoms with Gasteiger partial charge < -0.3 is 15.4 Å². The molecule has 190 valence electrons. The van der Waals surface area contributed by atoms with E-state index in [9.17, 15) is 9.59 Å². The summed E-state index contributed by atoms with van der Waals surface area (Å²) in [5, 5.41) is 13.5. The third-order valence-corrected chi connectivity index (χ3v) is 6.67. The van der Waals surface area contributed by atoms with Crippen LogP contribution in [0.25, 0.3) is 11.3 Å². The number of aromatic amines is 1. The van der Waals surface area contributed by atoms with Gasteiger partial charge in [-0.05, 0) is 43.5 Å². The number of carbonyl (C=O) groups excluding carboxylic acids is 2. The minimum atomic E-state index is -0.132. The van der Waals surface area contributed by atoms with Gasteiger partial charge >= 0.3 is 0 Å². The lowest BCUT2D eigenvalue weighted by molar-refractivity contribution is -0.126. The van der Waals surface area contributed by atoms with E-state index in [1.165, 1.54) is 0 Å². The first-order valence-electron chi connectivity index (χ1n) is 12.6. The molecule has 1 fully saturated rings. The van der Waals surface area contributed by atoms with E-state index in [-0.39, 0.29) is 17.7 Å². The maximum Gasteiger partial charge on any atom is 0.223 e. The lowest BCUT2D eigenvalue weighted by atomic mass is 9.97. The molecule has 4 rings (SSSR count). The molecular weight excluding hydrogens is 454 g/mol. The van der Waals surface area contributed by atoms with Gasteiger partial charge in [-0.15, -0.1) is 0 Å². The summed E-state index contributed by atoms with van der Waals surface area (Å²) in [5.41, 5.74) is 4.00. The predicted molar refractivity (Wildman–Crippen MR) is 139 cm³/mol. The number of H-pyrrole nitrogens is 1. The zero-order chi connectivity index (χ0) is 25.2. The fourth-order valence-corrected chi connectivity index (χ4v) is 4.66. The Hall–Kier alpha value is -3.65. The van der Waals surface area contributed by atoms with Gasteiger partial charge in [-0.2, -0.15) is 5.10 Å². The van der Waals surface area contributed by atoms with Gasteiger partial charge in [0, 0.05) is 49.6 Å². The van der Waals surface area contributed by atoms with Gasteiger partial charge in [0.05, 0.1) is 19.0 Å². The van der Waals surface area contributed by atoms with Crippen LogP contribution < -0.4 is 15.4 Å². The van der Waals surface area contributed by atoms with Gasteiger partial charge in [-0.25, -0.2) is 0 Å². The van der Waals surface area contributed by atoms with Crippen LogP contribution >= 0.6 is 0 Å². The first kappa shape index (κ1) is 25.4. The third kappa shape index (κ3) is 6.95. The molecule has 1 aromatic heterocycles. The third-order valence-electron chi connectivity index (χ3n) is 6.67. The first-order chi connectivity index (χ1) is 17.6. The highest BCUT2D eigenvalue weighted by Gasteiger charge is 2.21. The normalized spacial score (nSPS) is 17.6. The monoisotopic (exact) mass is 489 g/mol. The van der Waals surface area contributed by atoms with Crippen LogP contribution in [0.5, 0.6) is 5.75 Å². The Labute approximate surface area is 212 Å². The Morgan fingerprint density at radius 1 is 1.11 bits per heavy atom. The molecule has 2 amide bonds. The minimum Gasteiger partial charge on any atom is -0.496 e. The van der Waals surface area contributed by atoms with E-state index in [1.54, 1.807) is 7.11 Å². The highest BCUT2D eigenvalue weighted by Crippen LogP contribution is 2.31. The minimum absolute atomic E-state index is 0.0162. The number of hydrogen-bond acceptors (Lipinski definition) is 5. The van der Waals surface area contributed by atoms with Crippen LogP contribution in [0.1, 0.15) is 36.8 Å². The number of nitrogens with zero attached hydrogens (tertiary/aromatic N) is 2. The van der Waals surface area contributed by atoms with Crippen LogP contribution in [-0.2, 0) is 22.7 Å². The molecule has 1 atom stereocenters. The van der Waals surface area contributed by atoms with Crippen molar-refractivity contribution in [1.29, 1.82) is 0 Å². The van der Waals surface area contributed by atoms with E-state index in [4.69, 9.17) is 4.74 Å². The molecule has 0 spiro atoms. The van der Waals surface area contributed by atoms with Crippen molar-refractivity contribution in [1.82, 2.24) is 25.7 Å².